The summed E-state index contributed by atoms with van der Waals surface area (Å²) in [6.45, 7) is 7.59. The summed E-state index contributed by atoms with van der Waals surface area (Å²) in [5.41, 5.74) is 0. The summed E-state index contributed by atoms with van der Waals surface area (Å²) in [6.07, 6.45) is 15.1. The molecule has 0 bridgehead atoms. The van der Waals surface area contributed by atoms with Gasteiger partial charge in [0.1, 0.15) is 0 Å². The SMILES string of the molecule is CCCCCCCCCOC(=O)C1CCCCC1C(=O)OCCCCC(C)C. The predicted molar refractivity (Wildman–Crippen MR) is 114 cm³/mol. The van der Waals surface area contributed by atoms with Gasteiger partial charge in [-0.05, 0) is 38.0 Å². The number of carbonyl (C=O) groups excluding carboxylic acids is 2. The molecule has 0 N–H and O–H groups in total. The lowest BCUT2D eigenvalue weighted by Gasteiger charge is -2.28. The molecule has 4 heteroatoms. The number of unbranched alkanes of at least 4 members (excludes halogenated alkanes) is 7. The highest BCUT2D eigenvalue weighted by Crippen LogP contribution is 2.32. The minimum Gasteiger partial charge on any atom is -0.465 e. The van der Waals surface area contributed by atoms with Gasteiger partial charge in [-0.3, -0.25) is 9.59 Å². The summed E-state index contributed by atoms with van der Waals surface area (Å²) in [6, 6.07) is 0. The van der Waals surface area contributed by atoms with Crippen molar-refractivity contribution in [3.8, 4) is 0 Å². The van der Waals surface area contributed by atoms with Crippen LogP contribution in [-0.2, 0) is 19.1 Å². The van der Waals surface area contributed by atoms with Gasteiger partial charge < -0.3 is 9.47 Å². The molecule has 1 rings (SSSR count). The smallest absolute Gasteiger partial charge is 0.309 e. The van der Waals surface area contributed by atoms with Gasteiger partial charge >= 0.3 is 11.9 Å². The van der Waals surface area contributed by atoms with Crippen LogP contribution in [0.2, 0.25) is 0 Å². The summed E-state index contributed by atoms with van der Waals surface area (Å²) < 4.78 is 11.0. The van der Waals surface area contributed by atoms with E-state index in [0.29, 0.717) is 19.1 Å². The maximum absolute atomic E-state index is 12.5. The first-order valence-corrected chi connectivity index (χ1v) is 11.9. The van der Waals surface area contributed by atoms with Crippen molar-refractivity contribution >= 4 is 11.9 Å². The lowest BCUT2D eigenvalue weighted by Crippen LogP contribution is -2.35. The Labute approximate surface area is 173 Å². The molecule has 1 aliphatic carbocycles. The Hall–Kier alpha value is -1.06. The second kappa shape index (κ2) is 15.8. The van der Waals surface area contributed by atoms with Crippen LogP contribution < -0.4 is 0 Å². The molecule has 0 aromatic carbocycles. The fraction of sp³-hybridized carbons (Fsp3) is 0.917. The highest BCUT2D eigenvalue weighted by Gasteiger charge is 2.37. The number of carbonyl (C=O) groups is 2. The van der Waals surface area contributed by atoms with E-state index < -0.39 is 0 Å². The molecular weight excluding hydrogens is 352 g/mol. The second-order valence-electron chi connectivity index (χ2n) is 8.84. The Kier molecular flexibility index (Phi) is 14.1. The first-order chi connectivity index (χ1) is 13.6. The average molecular weight is 397 g/mol. The van der Waals surface area contributed by atoms with Crippen LogP contribution in [0.25, 0.3) is 0 Å². The van der Waals surface area contributed by atoms with Gasteiger partial charge in [-0.15, -0.1) is 0 Å². The average Bonchev–Trinajstić information content (AvgIpc) is 2.69. The molecule has 4 nitrogen and oxygen atoms in total. The Morgan fingerprint density at radius 1 is 0.750 bits per heavy atom. The summed E-state index contributed by atoms with van der Waals surface area (Å²) in [5, 5.41) is 0. The normalized spacial score (nSPS) is 19.6. The third-order valence-electron chi connectivity index (χ3n) is 5.78. The molecule has 0 saturated heterocycles. The molecule has 1 saturated carbocycles. The summed E-state index contributed by atoms with van der Waals surface area (Å²) in [7, 11) is 0. The first-order valence-electron chi connectivity index (χ1n) is 11.9. The largest absolute Gasteiger partial charge is 0.465 e. The Morgan fingerprint density at radius 3 is 1.71 bits per heavy atom. The van der Waals surface area contributed by atoms with Gasteiger partial charge in [-0.2, -0.15) is 0 Å². The number of esters is 2. The zero-order chi connectivity index (χ0) is 20.6. The lowest BCUT2D eigenvalue weighted by molar-refractivity contribution is -0.163. The molecule has 164 valence electrons. The minimum absolute atomic E-state index is 0.188. The van der Waals surface area contributed by atoms with Gasteiger partial charge in [0.15, 0.2) is 0 Å². The third kappa shape index (κ3) is 11.1. The molecule has 0 aromatic heterocycles. The van der Waals surface area contributed by atoms with Crippen LogP contribution in [0.3, 0.4) is 0 Å². The van der Waals surface area contributed by atoms with Crippen molar-refractivity contribution in [2.45, 2.75) is 111 Å². The molecule has 28 heavy (non-hydrogen) atoms. The van der Waals surface area contributed by atoms with Gasteiger partial charge in [0.05, 0.1) is 25.0 Å². The zero-order valence-corrected chi connectivity index (χ0v) is 18.7. The van der Waals surface area contributed by atoms with E-state index in [9.17, 15) is 9.59 Å². The zero-order valence-electron chi connectivity index (χ0n) is 18.7. The number of ether oxygens (including phenoxy) is 2. The van der Waals surface area contributed by atoms with Crippen LogP contribution in [0, 0.1) is 17.8 Å². The van der Waals surface area contributed by atoms with Crippen LogP contribution in [0.5, 0.6) is 0 Å². The van der Waals surface area contributed by atoms with Crippen molar-refractivity contribution in [2.75, 3.05) is 13.2 Å². The molecule has 0 radical (unpaired) electrons. The van der Waals surface area contributed by atoms with Gasteiger partial charge in [0.25, 0.3) is 0 Å². The van der Waals surface area contributed by atoms with Crippen molar-refractivity contribution in [1.82, 2.24) is 0 Å². The van der Waals surface area contributed by atoms with Crippen molar-refractivity contribution in [1.29, 1.82) is 0 Å². The van der Waals surface area contributed by atoms with E-state index >= 15 is 0 Å². The second-order valence-corrected chi connectivity index (χ2v) is 8.84. The van der Waals surface area contributed by atoms with Crippen molar-refractivity contribution in [2.24, 2.45) is 17.8 Å². The van der Waals surface area contributed by atoms with Gasteiger partial charge in [0, 0.05) is 0 Å². The van der Waals surface area contributed by atoms with Crippen LogP contribution in [-0.4, -0.2) is 25.2 Å². The van der Waals surface area contributed by atoms with Crippen LogP contribution in [0.4, 0.5) is 0 Å². The van der Waals surface area contributed by atoms with E-state index in [-0.39, 0.29) is 23.8 Å². The van der Waals surface area contributed by atoms with E-state index in [1.165, 1.54) is 32.1 Å². The molecule has 0 spiro atoms. The number of hydrogen-bond acceptors (Lipinski definition) is 4. The van der Waals surface area contributed by atoms with Gasteiger partial charge in [0.2, 0.25) is 0 Å². The fourth-order valence-electron chi connectivity index (χ4n) is 3.97. The van der Waals surface area contributed by atoms with E-state index in [0.717, 1.165) is 57.8 Å². The maximum Gasteiger partial charge on any atom is 0.309 e. The Bertz CT molecular complexity index is 419. The summed E-state index contributed by atoms with van der Waals surface area (Å²) in [5.74, 6) is -0.305. The minimum atomic E-state index is -0.305. The predicted octanol–water partition coefficient (Wildman–Crippen LogP) is 6.46. The van der Waals surface area contributed by atoms with E-state index in [2.05, 4.69) is 20.8 Å². The quantitative estimate of drug-likeness (QED) is 0.235. The van der Waals surface area contributed by atoms with Crippen molar-refractivity contribution in [3.63, 3.8) is 0 Å². The van der Waals surface area contributed by atoms with Crippen molar-refractivity contribution in [3.05, 3.63) is 0 Å². The Balaban J connectivity index is 2.24. The van der Waals surface area contributed by atoms with Crippen LogP contribution in [0.15, 0.2) is 0 Å². The topological polar surface area (TPSA) is 52.6 Å². The van der Waals surface area contributed by atoms with Gasteiger partial charge in [-0.25, -0.2) is 0 Å². The fourth-order valence-corrected chi connectivity index (χ4v) is 3.97. The standard InChI is InChI=1S/C24H44O4/c1-4-5-6-7-8-9-13-18-27-23(25)21-16-10-11-17-22(21)24(26)28-19-14-12-15-20(2)3/h20-22H,4-19H2,1-3H3. The molecule has 0 heterocycles. The highest BCUT2D eigenvalue weighted by atomic mass is 16.5. The summed E-state index contributed by atoms with van der Waals surface area (Å²) >= 11 is 0. The molecule has 1 aliphatic rings. The van der Waals surface area contributed by atoms with E-state index in [4.69, 9.17) is 9.47 Å². The van der Waals surface area contributed by atoms with Crippen molar-refractivity contribution < 1.29 is 19.1 Å². The monoisotopic (exact) mass is 396 g/mol. The van der Waals surface area contributed by atoms with E-state index in [1.807, 2.05) is 0 Å². The molecule has 0 aliphatic heterocycles. The third-order valence-corrected chi connectivity index (χ3v) is 5.78. The summed E-state index contributed by atoms with van der Waals surface area (Å²) in [4.78, 5) is 25.0. The molecular formula is C24H44O4. The molecule has 1 fully saturated rings. The Morgan fingerprint density at radius 2 is 1.21 bits per heavy atom. The number of rotatable bonds is 15. The molecule has 0 aromatic rings. The molecule has 0 amide bonds. The first kappa shape index (κ1) is 25.0. The van der Waals surface area contributed by atoms with E-state index in [1.54, 1.807) is 0 Å². The molecule has 2 atom stereocenters. The molecule has 2 unspecified atom stereocenters. The van der Waals surface area contributed by atoms with Gasteiger partial charge in [-0.1, -0.05) is 78.6 Å². The maximum atomic E-state index is 12.5. The highest BCUT2D eigenvalue weighted by molar-refractivity contribution is 5.82. The number of hydrogen-bond donors (Lipinski definition) is 0. The van der Waals surface area contributed by atoms with Crippen LogP contribution in [0.1, 0.15) is 111 Å². The van der Waals surface area contributed by atoms with Crippen LogP contribution >= 0.6 is 0 Å². The lowest BCUT2D eigenvalue weighted by atomic mass is 9.79.